The highest BCUT2D eigenvalue weighted by Crippen LogP contribution is 2.22. The van der Waals surface area contributed by atoms with E-state index in [1.54, 1.807) is 0 Å². The van der Waals surface area contributed by atoms with E-state index in [0.29, 0.717) is 24.0 Å². The molecule has 0 heterocycles. The first-order valence-corrected chi connectivity index (χ1v) is 3.72. The molecule has 2 N–H and O–H groups in total. The Labute approximate surface area is 65.3 Å². The quantitative estimate of drug-likeness (QED) is 0.588. The van der Waals surface area contributed by atoms with Gasteiger partial charge in [0.2, 0.25) is 5.91 Å². The van der Waals surface area contributed by atoms with Crippen molar-refractivity contribution in [2.45, 2.75) is 25.7 Å². The van der Waals surface area contributed by atoms with E-state index in [4.69, 9.17) is 5.73 Å². The fourth-order valence-corrected chi connectivity index (χ4v) is 1.34. The largest absolute Gasteiger partial charge is 0.366 e. The van der Waals surface area contributed by atoms with E-state index in [-0.39, 0.29) is 0 Å². The number of allylic oxidation sites excluding steroid dienone is 1. The number of primary amides is 1. The summed E-state index contributed by atoms with van der Waals surface area (Å²) in [6.45, 7) is 0. The Morgan fingerprint density at radius 2 is 2.00 bits per heavy atom. The number of rotatable bonds is 2. The summed E-state index contributed by atoms with van der Waals surface area (Å²) in [5.74, 6) is -0.438. The van der Waals surface area contributed by atoms with Crippen LogP contribution in [-0.4, -0.2) is 12.2 Å². The molecule has 0 aromatic carbocycles. The summed E-state index contributed by atoms with van der Waals surface area (Å²) >= 11 is 0. The number of nitrogens with two attached hydrogens (primary N) is 1. The first-order chi connectivity index (χ1) is 5.25. The molecule has 0 saturated heterocycles. The number of hydrogen-bond donors (Lipinski definition) is 1. The predicted molar refractivity (Wildman–Crippen MR) is 40.8 cm³/mol. The molecule has 1 rings (SSSR count). The minimum absolute atomic E-state index is 0.438. The van der Waals surface area contributed by atoms with Crippen LogP contribution in [-0.2, 0) is 9.59 Å². The molecule has 1 aliphatic carbocycles. The molecule has 0 aliphatic heterocycles. The zero-order valence-corrected chi connectivity index (χ0v) is 6.30. The van der Waals surface area contributed by atoms with Crippen molar-refractivity contribution < 1.29 is 9.59 Å². The average Bonchev–Trinajstić information content (AvgIpc) is 2.04. The SMILES string of the molecule is NC(=O)C1=C(C=O)CCCC1. The zero-order valence-electron chi connectivity index (χ0n) is 6.30. The fourth-order valence-electron chi connectivity index (χ4n) is 1.34. The van der Waals surface area contributed by atoms with Crippen LogP contribution in [0.3, 0.4) is 0 Å². The highest BCUT2D eigenvalue weighted by molar-refractivity contribution is 5.98. The van der Waals surface area contributed by atoms with Crippen LogP contribution in [0.15, 0.2) is 11.1 Å². The molecular formula is C8H11NO2. The molecule has 60 valence electrons. The van der Waals surface area contributed by atoms with Gasteiger partial charge in [0.25, 0.3) is 0 Å². The van der Waals surface area contributed by atoms with E-state index in [9.17, 15) is 9.59 Å². The number of hydrogen-bond acceptors (Lipinski definition) is 2. The van der Waals surface area contributed by atoms with E-state index in [1.807, 2.05) is 0 Å². The lowest BCUT2D eigenvalue weighted by Crippen LogP contribution is -2.18. The minimum atomic E-state index is -0.438. The molecule has 0 atom stereocenters. The maximum atomic E-state index is 10.7. The number of aldehydes is 1. The maximum absolute atomic E-state index is 10.7. The smallest absolute Gasteiger partial charge is 0.245 e. The molecule has 0 bridgehead atoms. The molecule has 0 saturated carbocycles. The molecule has 1 aliphatic rings. The van der Waals surface area contributed by atoms with Crippen LogP contribution >= 0.6 is 0 Å². The molecular weight excluding hydrogens is 142 g/mol. The van der Waals surface area contributed by atoms with Gasteiger partial charge in [-0.15, -0.1) is 0 Å². The third kappa shape index (κ3) is 1.67. The van der Waals surface area contributed by atoms with Crippen molar-refractivity contribution in [3.63, 3.8) is 0 Å². The lowest BCUT2D eigenvalue weighted by molar-refractivity contribution is -0.115. The van der Waals surface area contributed by atoms with Crippen molar-refractivity contribution in [3.8, 4) is 0 Å². The fraction of sp³-hybridized carbons (Fsp3) is 0.500. The summed E-state index contributed by atoms with van der Waals surface area (Å²) < 4.78 is 0. The molecule has 0 aromatic rings. The highest BCUT2D eigenvalue weighted by atomic mass is 16.1. The number of carbonyl (C=O) groups is 2. The molecule has 0 spiro atoms. The van der Waals surface area contributed by atoms with Crippen molar-refractivity contribution in [1.82, 2.24) is 0 Å². The van der Waals surface area contributed by atoms with Gasteiger partial charge in [0, 0.05) is 11.1 Å². The maximum Gasteiger partial charge on any atom is 0.245 e. The van der Waals surface area contributed by atoms with Crippen molar-refractivity contribution in [3.05, 3.63) is 11.1 Å². The topological polar surface area (TPSA) is 60.2 Å². The van der Waals surface area contributed by atoms with E-state index in [2.05, 4.69) is 0 Å². The van der Waals surface area contributed by atoms with Gasteiger partial charge < -0.3 is 5.73 Å². The van der Waals surface area contributed by atoms with Gasteiger partial charge >= 0.3 is 0 Å². The Morgan fingerprint density at radius 1 is 1.36 bits per heavy atom. The monoisotopic (exact) mass is 153 g/mol. The standard InChI is InChI=1S/C8H11NO2/c9-8(11)7-4-2-1-3-6(7)5-10/h5H,1-4H2,(H2,9,11). The highest BCUT2D eigenvalue weighted by Gasteiger charge is 2.15. The Morgan fingerprint density at radius 3 is 2.45 bits per heavy atom. The van der Waals surface area contributed by atoms with Crippen LogP contribution in [0.2, 0.25) is 0 Å². The average molecular weight is 153 g/mol. The summed E-state index contributed by atoms with van der Waals surface area (Å²) in [7, 11) is 0. The molecule has 1 amide bonds. The predicted octanol–water partition coefficient (Wildman–Crippen LogP) is 0.541. The molecule has 0 radical (unpaired) electrons. The minimum Gasteiger partial charge on any atom is -0.366 e. The molecule has 3 heteroatoms. The molecule has 0 aromatic heterocycles. The van der Waals surface area contributed by atoms with Crippen molar-refractivity contribution in [1.29, 1.82) is 0 Å². The molecule has 0 unspecified atom stereocenters. The van der Waals surface area contributed by atoms with Gasteiger partial charge in [0.1, 0.15) is 6.29 Å². The van der Waals surface area contributed by atoms with Gasteiger partial charge in [-0.25, -0.2) is 0 Å². The van der Waals surface area contributed by atoms with Gasteiger partial charge in [-0.05, 0) is 25.7 Å². The van der Waals surface area contributed by atoms with Crippen LogP contribution in [0, 0.1) is 0 Å². The van der Waals surface area contributed by atoms with Crippen LogP contribution in [0.1, 0.15) is 25.7 Å². The van der Waals surface area contributed by atoms with Crippen LogP contribution in [0.4, 0.5) is 0 Å². The number of carbonyl (C=O) groups excluding carboxylic acids is 2. The van der Waals surface area contributed by atoms with Crippen molar-refractivity contribution >= 4 is 12.2 Å². The van der Waals surface area contributed by atoms with Crippen LogP contribution in [0.5, 0.6) is 0 Å². The first kappa shape index (κ1) is 7.98. The zero-order chi connectivity index (χ0) is 8.27. The lowest BCUT2D eigenvalue weighted by Gasteiger charge is -2.12. The Kier molecular flexibility index (Phi) is 2.41. The Balaban J connectivity index is 2.90. The second-order valence-corrected chi connectivity index (χ2v) is 2.69. The third-order valence-corrected chi connectivity index (χ3v) is 1.95. The first-order valence-electron chi connectivity index (χ1n) is 3.72. The second kappa shape index (κ2) is 3.32. The lowest BCUT2D eigenvalue weighted by atomic mass is 9.92. The van der Waals surface area contributed by atoms with E-state index < -0.39 is 5.91 Å². The van der Waals surface area contributed by atoms with Gasteiger partial charge in [-0.3, -0.25) is 9.59 Å². The summed E-state index contributed by atoms with van der Waals surface area (Å²) in [5.41, 5.74) is 6.21. The van der Waals surface area contributed by atoms with Crippen molar-refractivity contribution in [2.24, 2.45) is 5.73 Å². The molecule has 3 nitrogen and oxygen atoms in total. The van der Waals surface area contributed by atoms with E-state index >= 15 is 0 Å². The normalized spacial score (nSPS) is 18.2. The molecule has 11 heavy (non-hydrogen) atoms. The second-order valence-electron chi connectivity index (χ2n) is 2.69. The summed E-state index contributed by atoms with van der Waals surface area (Å²) in [6.07, 6.45) is 4.09. The van der Waals surface area contributed by atoms with Gasteiger partial charge in [0.15, 0.2) is 0 Å². The van der Waals surface area contributed by atoms with E-state index in [1.165, 1.54) is 0 Å². The Bertz CT molecular complexity index is 218. The third-order valence-electron chi connectivity index (χ3n) is 1.95. The molecule has 0 fully saturated rings. The summed E-state index contributed by atoms with van der Waals surface area (Å²) in [6, 6.07) is 0. The van der Waals surface area contributed by atoms with Gasteiger partial charge in [-0.2, -0.15) is 0 Å². The van der Waals surface area contributed by atoms with Crippen LogP contribution < -0.4 is 5.73 Å². The summed E-state index contributed by atoms with van der Waals surface area (Å²) in [4.78, 5) is 21.1. The van der Waals surface area contributed by atoms with Crippen molar-refractivity contribution in [2.75, 3.05) is 0 Å². The number of amides is 1. The van der Waals surface area contributed by atoms with Crippen LogP contribution in [0.25, 0.3) is 0 Å². The van der Waals surface area contributed by atoms with Gasteiger partial charge in [-0.1, -0.05) is 0 Å². The van der Waals surface area contributed by atoms with Gasteiger partial charge in [0.05, 0.1) is 0 Å². The van der Waals surface area contributed by atoms with E-state index in [0.717, 1.165) is 19.1 Å². The summed E-state index contributed by atoms with van der Waals surface area (Å²) in [5, 5.41) is 0. The Hall–Kier alpha value is -1.12.